The average molecular weight is 311 g/mol. The maximum absolute atomic E-state index is 11.0. The molecular weight excluding hydrogens is 298 g/mol. The van der Waals surface area contributed by atoms with Gasteiger partial charge in [0.25, 0.3) is 5.22 Å². The van der Waals surface area contributed by atoms with Crippen LogP contribution in [0.25, 0.3) is 11.5 Å². The van der Waals surface area contributed by atoms with Crippen LogP contribution in [0.4, 0.5) is 0 Å². The molecule has 3 rings (SSSR count). The Morgan fingerprint density at radius 3 is 2.45 bits per heavy atom. The first-order valence-electron chi connectivity index (χ1n) is 6.63. The normalized spacial score (nSPS) is 10.5. The fourth-order valence-corrected chi connectivity index (χ4v) is 2.59. The predicted molar refractivity (Wildman–Crippen MR) is 84.3 cm³/mol. The molecule has 0 fully saturated rings. The summed E-state index contributed by atoms with van der Waals surface area (Å²) in [6, 6.07) is 16.8. The van der Waals surface area contributed by atoms with Gasteiger partial charge in [-0.3, -0.25) is 4.79 Å². The zero-order chi connectivity index (χ0) is 15.4. The Morgan fingerprint density at radius 2 is 1.77 bits per heavy atom. The molecule has 5 nitrogen and oxygen atoms in total. The third-order valence-electron chi connectivity index (χ3n) is 3.03. The molecule has 2 aromatic carbocycles. The number of rotatable bonds is 5. The Labute approximate surface area is 131 Å². The van der Waals surface area contributed by atoms with E-state index in [0.717, 1.165) is 11.1 Å². The zero-order valence-corrected chi connectivity index (χ0v) is 12.4. The van der Waals surface area contributed by atoms with Crippen molar-refractivity contribution in [2.24, 2.45) is 5.73 Å². The number of carbonyl (C=O) groups is 1. The fraction of sp³-hybridized carbons (Fsp3) is 0.0625. The van der Waals surface area contributed by atoms with E-state index in [9.17, 15) is 4.79 Å². The molecule has 110 valence electrons. The summed E-state index contributed by atoms with van der Waals surface area (Å²) in [5, 5.41) is 8.57. The van der Waals surface area contributed by atoms with Gasteiger partial charge in [0.05, 0.1) is 0 Å². The van der Waals surface area contributed by atoms with Gasteiger partial charge in [-0.1, -0.05) is 42.1 Å². The highest BCUT2D eigenvalue weighted by atomic mass is 32.2. The first kappa shape index (κ1) is 14.3. The number of carbonyl (C=O) groups excluding carboxylic acids is 1. The van der Waals surface area contributed by atoms with Crippen LogP contribution in [0.5, 0.6) is 0 Å². The molecule has 0 aliphatic heterocycles. The van der Waals surface area contributed by atoms with Gasteiger partial charge in [0.1, 0.15) is 0 Å². The topological polar surface area (TPSA) is 82.0 Å². The molecule has 0 radical (unpaired) electrons. The van der Waals surface area contributed by atoms with Crippen molar-refractivity contribution in [3.8, 4) is 11.5 Å². The highest BCUT2D eigenvalue weighted by molar-refractivity contribution is 7.98. The van der Waals surface area contributed by atoms with E-state index in [1.165, 1.54) is 11.8 Å². The lowest BCUT2D eigenvalue weighted by Crippen LogP contribution is -2.10. The number of primary amides is 1. The lowest BCUT2D eigenvalue weighted by molar-refractivity contribution is 0.100. The molecule has 22 heavy (non-hydrogen) atoms. The Kier molecular flexibility index (Phi) is 4.20. The van der Waals surface area contributed by atoms with E-state index >= 15 is 0 Å². The molecule has 0 atom stereocenters. The fourth-order valence-electron chi connectivity index (χ4n) is 1.88. The van der Waals surface area contributed by atoms with Crippen molar-refractivity contribution in [1.29, 1.82) is 0 Å². The second-order valence-corrected chi connectivity index (χ2v) is 5.52. The number of hydrogen-bond acceptors (Lipinski definition) is 5. The number of nitrogens with two attached hydrogens (primary N) is 1. The average Bonchev–Trinajstić information content (AvgIpc) is 3.03. The monoisotopic (exact) mass is 311 g/mol. The quantitative estimate of drug-likeness (QED) is 0.732. The maximum Gasteiger partial charge on any atom is 0.277 e. The first-order chi connectivity index (χ1) is 10.7. The molecule has 3 aromatic rings. The van der Waals surface area contributed by atoms with Gasteiger partial charge in [-0.25, -0.2) is 0 Å². The molecule has 0 unspecified atom stereocenters. The van der Waals surface area contributed by atoms with E-state index in [1.54, 1.807) is 12.1 Å². The lowest BCUT2D eigenvalue weighted by atomic mass is 10.1. The van der Waals surface area contributed by atoms with Gasteiger partial charge in [-0.2, -0.15) is 0 Å². The smallest absolute Gasteiger partial charge is 0.277 e. The first-order valence-corrected chi connectivity index (χ1v) is 7.61. The van der Waals surface area contributed by atoms with Gasteiger partial charge in [0.15, 0.2) is 0 Å². The molecular formula is C16H13N3O2S. The molecule has 1 amide bonds. The van der Waals surface area contributed by atoms with Crippen LogP contribution < -0.4 is 5.73 Å². The van der Waals surface area contributed by atoms with Gasteiger partial charge in [0, 0.05) is 16.9 Å². The second kappa shape index (κ2) is 6.44. The SMILES string of the molecule is NC(=O)c1ccc(CSc2nnc(-c3ccccc3)o2)cc1. The highest BCUT2D eigenvalue weighted by Gasteiger charge is 2.09. The molecule has 0 saturated heterocycles. The van der Waals surface area contributed by atoms with Gasteiger partial charge < -0.3 is 10.2 Å². The van der Waals surface area contributed by atoms with E-state index < -0.39 is 5.91 Å². The minimum absolute atomic E-state index is 0.427. The van der Waals surface area contributed by atoms with Crippen LogP contribution in [-0.4, -0.2) is 16.1 Å². The number of amides is 1. The number of hydrogen-bond donors (Lipinski definition) is 1. The summed E-state index contributed by atoms with van der Waals surface area (Å²) in [6.07, 6.45) is 0. The summed E-state index contributed by atoms with van der Waals surface area (Å²) in [4.78, 5) is 11.0. The maximum atomic E-state index is 11.0. The molecule has 1 heterocycles. The lowest BCUT2D eigenvalue weighted by Gasteiger charge is -1.99. The Balaban J connectivity index is 1.65. The van der Waals surface area contributed by atoms with Gasteiger partial charge in [0.2, 0.25) is 11.8 Å². The molecule has 6 heteroatoms. The number of aromatic nitrogens is 2. The van der Waals surface area contributed by atoms with E-state index in [1.807, 2.05) is 42.5 Å². The van der Waals surface area contributed by atoms with Crippen molar-refractivity contribution in [3.05, 3.63) is 65.7 Å². The molecule has 1 aromatic heterocycles. The van der Waals surface area contributed by atoms with Crippen molar-refractivity contribution >= 4 is 17.7 Å². The van der Waals surface area contributed by atoms with Crippen LogP contribution in [-0.2, 0) is 5.75 Å². The third-order valence-corrected chi connectivity index (χ3v) is 3.92. The second-order valence-electron chi connectivity index (χ2n) is 4.59. The summed E-state index contributed by atoms with van der Waals surface area (Å²) < 4.78 is 5.62. The largest absolute Gasteiger partial charge is 0.411 e. The molecule has 0 saturated carbocycles. The van der Waals surface area contributed by atoms with Gasteiger partial charge >= 0.3 is 0 Å². The van der Waals surface area contributed by atoms with Crippen LogP contribution in [0, 0.1) is 0 Å². The summed E-state index contributed by atoms with van der Waals surface area (Å²) in [5.74, 6) is 0.755. The standard InChI is InChI=1S/C16H13N3O2S/c17-14(20)12-8-6-11(7-9-12)10-22-16-19-18-15(21-16)13-4-2-1-3-5-13/h1-9H,10H2,(H2,17,20). The molecule has 0 aliphatic carbocycles. The van der Waals surface area contributed by atoms with E-state index in [-0.39, 0.29) is 0 Å². The van der Waals surface area contributed by atoms with Crippen LogP contribution >= 0.6 is 11.8 Å². The third kappa shape index (κ3) is 3.35. The van der Waals surface area contributed by atoms with Gasteiger partial charge in [-0.15, -0.1) is 10.2 Å². The molecule has 0 aliphatic rings. The van der Waals surface area contributed by atoms with Gasteiger partial charge in [-0.05, 0) is 29.8 Å². The molecule has 2 N–H and O–H groups in total. The Hall–Kier alpha value is -2.60. The zero-order valence-electron chi connectivity index (χ0n) is 11.6. The van der Waals surface area contributed by atoms with Crippen molar-refractivity contribution in [1.82, 2.24) is 10.2 Å². The van der Waals surface area contributed by atoms with Crippen molar-refractivity contribution < 1.29 is 9.21 Å². The molecule has 0 spiro atoms. The summed E-state index contributed by atoms with van der Waals surface area (Å²) in [5.41, 5.74) is 7.65. The van der Waals surface area contributed by atoms with Crippen molar-refractivity contribution in [2.45, 2.75) is 11.0 Å². The highest BCUT2D eigenvalue weighted by Crippen LogP contribution is 2.25. The van der Waals surface area contributed by atoms with Crippen LogP contribution in [0.3, 0.4) is 0 Å². The van der Waals surface area contributed by atoms with E-state index in [0.29, 0.717) is 22.4 Å². The van der Waals surface area contributed by atoms with E-state index in [4.69, 9.17) is 10.2 Å². The Bertz CT molecular complexity index is 770. The summed E-state index contributed by atoms with van der Waals surface area (Å²) >= 11 is 1.45. The molecule has 0 bridgehead atoms. The van der Waals surface area contributed by atoms with Crippen molar-refractivity contribution in [3.63, 3.8) is 0 Å². The van der Waals surface area contributed by atoms with Crippen LogP contribution in [0.1, 0.15) is 15.9 Å². The number of thioether (sulfide) groups is 1. The minimum Gasteiger partial charge on any atom is -0.411 e. The summed E-state index contributed by atoms with van der Waals surface area (Å²) in [6.45, 7) is 0. The Morgan fingerprint density at radius 1 is 1.05 bits per heavy atom. The van der Waals surface area contributed by atoms with E-state index in [2.05, 4.69) is 10.2 Å². The van der Waals surface area contributed by atoms with Crippen molar-refractivity contribution in [2.75, 3.05) is 0 Å². The minimum atomic E-state index is -0.427. The van der Waals surface area contributed by atoms with Crippen LogP contribution in [0.2, 0.25) is 0 Å². The predicted octanol–water partition coefficient (Wildman–Crippen LogP) is 3.13. The number of nitrogens with zero attached hydrogens (tertiary/aromatic N) is 2. The number of benzene rings is 2. The summed E-state index contributed by atoms with van der Waals surface area (Å²) in [7, 11) is 0. The van der Waals surface area contributed by atoms with Crippen LogP contribution in [0.15, 0.2) is 64.2 Å².